The molecule has 4 heteroatoms. The smallest absolute Gasteiger partial charge is 0.224 e. The Morgan fingerprint density at radius 3 is 2.67 bits per heavy atom. The quantitative estimate of drug-likeness (QED) is 0.731. The second-order valence-electron chi connectivity index (χ2n) is 7.30. The number of amides is 1. The van der Waals surface area contributed by atoms with Gasteiger partial charge in [-0.3, -0.25) is 4.79 Å². The number of nitrogens with one attached hydrogen (secondary N) is 2. The van der Waals surface area contributed by atoms with Gasteiger partial charge < -0.3 is 16.4 Å². The fourth-order valence-electron chi connectivity index (χ4n) is 5.27. The van der Waals surface area contributed by atoms with Gasteiger partial charge in [-0.05, 0) is 67.1 Å². The second kappa shape index (κ2) is 3.93. The summed E-state index contributed by atoms with van der Waals surface area (Å²) in [7, 11) is 0. The summed E-state index contributed by atoms with van der Waals surface area (Å²) in [5.74, 6) is 3.83. The van der Waals surface area contributed by atoms with Gasteiger partial charge in [0, 0.05) is 18.2 Å². The van der Waals surface area contributed by atoms with Crippen molar-refractivity contribution in [3.8, 4) is 0 Å². The number of hydrogen-bond donors (Lipinski definition) is 3. The van der Waals surface area contributed by atoms with E-state index in [1.54, 1.807) is 0 Å². The monoisotopic (exact) mass is 283 g/mol. The highest BCUT2D eigenvalue weighted by molar-refractivity contribution is 5.95. The van der Waals surface area contributed by atoms with Gasteiger partial charge in [-0.25, -0.2) is 0 Å². The zero-order chi connectivity index (χ0) is 14.1. The highest BCUT2D eigenvalue weighted by Gasteiger charge is 2.65. The molecule has 3 fully saturated rings. The first-order valence-electron chi connectivity index (χ1n) is 8.19. The van der Waals surface area contributed by atoms with Gasteiger partial charge in [0.05, 0.1) is 11.4 Å². The molecule has 110 valence electrons. The van der Waals surface area contributed by atoms with Crippen molar-refractivity contribution in [1.82, 2.24) is 0 Å². The van der Waals surface area contributed by atoms with E-state index in [1.165, 1.54) is 24.8 Å². The molecule has 0 aromatic heterocycles. The molecule has 0 spiro atoms. The van der Waals surface area contributed by atoms with Crippen LogP contribution < -0.4 is 16.4 Å². The maximum absolute atomic E-state index is 11.5. The topological polar surface area (TPSA) is 67.1 Å². The van der Waals surface area contributed by atoms with Crippen LogP contribution in [0.25, 0.3) is 0 Å². The molecule has 4 nitrogen and oxygen atoms in total. The lowest BCUT2D eigenvalue weighted by molar-refractivity contribution is -0.116. The molecule has 3 saturated carbocycles. The molecular weight excluding hydrogens is 262 g/mol. The summed E-state index contributed by atoms with van der Waals surface area (Å²) < 4.78 is 0. The van der Waals surface area contributed by atoms with E-state index in [4.69, 9.17) is 5.73 Å². The molecule has 4 unspecified atom stereocenters. The number of carbonyl (C=O) groups excluding carboxylic acids is 1. The highest BCUT2D eigenvalue weighted by atomic mass is 16.1. The Bertz CT molecular complexity index is 625. The molecule has 4 aliphatic rings. The van der Waals surface area contributed by atoms with Crippen molar-refractivity contribution in [3.63, 3.8) is 0 Å². The number of fused-ring (bicyclic) bond motifs is 6. The summed E-state index contributed by atoms with van der Waals surface area (Å²) in [4.78, 5) is 11.5. The molecule has 0 radical (unpaired) electrons. The number of benzene rings is 1. The molecule has 4 N–H and O–H groups in total. The first-order valence-corrected chi connectivity index (χ1v) is 8.19. The first kappa shape index (κ1) is 11.9. The van der Waals surface area contributed by atoms with Gasteiger partial charge in [0.2, 0.25) is 5.91 Å². The third-order valence-electron chi connectivity index (χ3n) is 6.23. The van der Waals surface area contributed by atoms with Crippen LogP contribution in [0.4, 0.5) is 17.1 Å². The Morgan fingerprint density at radius 2 is 1.90 bits per heavy atom. The van der Waals surface area contributed by atoms with Crippen molar-refractivity contribution in [2.75, 3.05) is 16.4 Å². The summed E-state index contributed by atoms with van der Waals surface area (Å²) in [5, 5.41) is 6.62. The summed E-state index contributed by atoms with van der Waals surface area (Å²) in [6.07, 6.45) is 5.75. The number of hydrogen-bond acceptors (Lipinski definition) is 3. The van der Waals surface area contributed by atoms with Crippen LogP contribution in [-0.4, -0.2) is 11.9 Å². The average molecular weight is 283 g/mol. The molecule has 5 rings (SSSR count). The van der Waals surface area contributed by atoms with E-state index in [0.717, 1.165) is 47.2 Å². The van der Waals surface area contributed by atoms with Crippen LogP contribution in [-0.2, 0) is 11.2 Å². The molecule has 1 amide bonds. The minimum atomic E-state index is 0.0934. The molecular formula is C17H21N3O. The summed E-state index contributed by atoms with van der Waals surface area (Å²) in [6, 6.07) is 4.72. The van der Waals surface area contributed by atoms with Gasteiger partial charge in [-0.2, -0.15) is 0 Å². The van der Waals surface area contributed by atoms with Gasteiger partial charge >= 0.3 is 0 Å². The summed E-state index contributed by atoms with van der Waals surface area (Å²) >= 11 is 0. The SMILES string of the molecule is Nc1cc2c(cc1NC1C3C4CCC(C4)C13)CCC(=O)N2. The zero-order valence-corrected chi connectivity index (χ0v) is 12.1. The Hall–Kier alpha value is -1.71. The van der Waals surface area contributed by atoms with Crippen molar-refractivity contribution in [3.05, 3.63) is 17.7 Å². The molecule has 2 bridgehead atoms. The Labute approximate surface area is 124 Å². The standard InChI is InChI=1S/C17H21N3O/c18-11-7-12-8(3-4-14(21)19-12)6-13(11)20-17-15-9-1-2-10(5-9)16(15)17/h6-7,9-10,15-17,20H,1-5,18H2,(H,19,21). The normalized spacial score (nSPS) is 38.7. The van der Waals surface area contributed by atoms with Crippen LogP contribution in [0.1, 0.15) is 31.2 Å². The summed E-state index contributed by atoms with van der Waals surface area (Å²) in [5.41, 5.74) is 10.1. The fourth-order valence-corrected chi connectivity index (χ4v) is 5.27. The van der Waals surface area contributed by atoms with Crippen LogP contribution in [0.2, 0.25) is 0 Å². The van der Waals surface area contributed by atoms with Crippen LogP contribution in [0.5, 0.6) is 0 Å². The van der Waals surface area contributed by atoms with E-state index >= 15 is 0 Å². The molecule has 1 aromatic rings. The molecule has 4 atom stereocenters. The van der Waals surface area contributed by atoms with Crippen molar-refractivity contribution in [2.45, 2.75) is 38.1 Å². The second-order valence-corrected chi connectivity index (χ2v) is 7.30. The Morgan fingerprint density at radius 1 is 1.14 bits per heavy atom. The Balaban J connectivity index is 1.39. The number of nitrogens with two attached hydrogens (primary N) is 1. The van der Waals surface area contributed by atoms with E-state index in [0.29, 0.717) is 12.5 Å². The molecule has 3 aliphatic carbocycles. The van der Waals surface area contributed by atoms with Crippen LogP contribution >= 0.6 is 0 Å². The zero-order valence-electron chi connectivity index (χ0n) is 12.1. The summed E-state index contributed by atoms with van der Waals surface area (Å²) in [6.45, 7) is 0. The van der Waals surface area contributed by atoms with E-state index in [1.807, 2.05) is 6.07 Å². The van der Waals surface area contributed by atoms with Gasteiger partial charge in [0.25, 0.3) is 0 Å². The number of nitrogen functional groups attached to an aromatic ring is 1. The lowest BCUT2D eigenvalue weighted by atomic mass is 10.0. The van der Waals surface area contributed by atoms with E-state index in [2.05, 4.69) is 16.7 Å². The van der Waals surface area contributed by atoms with Crippen LogP contribution in [0, 0.1) is 23.7 Å². The first-order chi connectivity index (χ1) is 10.2. The maximum atomic E-state index is 11.5. The Kier molecular flexibility index (Phi) is 2.23. The van der Waals surface area contributed by atoms with Gasteiger partial charge in [0.1, 0.15) is 0 Å². The lowest BCUT2D eigenvalue weighted by Gasteiger charge is -2.20. The number of rotatable bonds is 2. The number of carbonyl (C=O) groups is 1. The van der Waals surface area contributed by atoms with Crippen molar-refractivity contribution >= 4 is 23.0 Å². The van der Waals surface area contributed by atoms with Crippen molar-refractivity contribution in [2.24, 2.45) is 23.7 Å². The number of aryl methyl sites for hydroxylation is 1. The van der Waals surface area contributed by atoms with Crippen LogP contribution in [0.15, 0.2) is 12.1 Å². The maximum Gasteiger partial charge on any atom is 0.224 e. The van der Waals surface area contributed by atoms with E-state index in [-0.39, 0.29) is 5.91 Å². The van der Waals surface area contributed by atoms with Gasteiger partial charge in [0.15, 0.2) is 0 Å². The van der Waals surface area contributed by atoms with E-state index < -0.39 is 0 Å². The molecule has 1 aliphatic heterocycles. The van der Waals surface area contributed by atoms with Crippen molar-refractivity contribution < 1.29 is 4.79 Å². The fraction of sp³-hybridized carbons (Fsp3) is 0.588. The molecule has 1 heterocycles. The highest BCUT2D eigenvalue weighted by Crippen LogP contribution is 2.66. The lowest BCUT2D eigenvalue weighted by Crippen LogP contribution is -2.20. The largest absolute Gasteiger partial charge is 0.397 e. The molecule has 1 aromatic carbocycles. The minimum Gasteiger partial charge on any atom is -0.397 e. The predicted molar refractivity (Wildman–Crippen MR) is 83.0 cm³/mol. The third kappa shape index (κ3) is 1.65. The van der Waals surface area contributed by atoms with E-state index in [9.17, 15) is 4.79 Å². The van der Waals surface area contributed by atoms with Gasteiger partial charge in [-0.1, -0.05) is 0 Å². The average Bonchev–Trinajstić information content (AvgIpc) is 2.85. The number of anilines is 3. The third-order valence-corrected chi connectivity index (χ3v) is 6.23. The van der Waals surface area contributed by atoms with Crippen LogP contribution in [0.3, 0.4) is 0 Å². The minimum absolute atomic E-state index is 0.0934. The molecule has 0 saturated heterocycles. The predicted octanol–water partition coefficient (Wildman–Crippen LogP) is 2.61. The van der Waals surface area contributed by atoms with Crippen molar-refractivity contribution in [1.29, 1.82) is 0 Å². The molecule has 21 heavy (non-hydrogen) atoms. The van der Waals surface area contributed by atoms with Gasteiger partial charge in [-0.15, -0.1) is 0 Å².